The SMILES string of the molecule is CC(C)c1cccc(C(C)C)c1NC(=O)[C@@H]1C[C@@H]2CCC[C@@H]2[N@@+]1(O)CCC[N@@+]1(O)[C@H](C(=O)Nc2c(C(C)C)cccc2C(C)C)C[C@@H]2CCC[C@@H]21. The summed E-state index contributed by atoms with van der Waals surface area (Å²) < 4.78 is -0.524. The van der Waals surface area contributed by atoms with Crippen LogP contribution in [0.1, 0.15) is 159 Å². The molecule has 2 saturated carbocycles. The van der Waals surface area contributed by atoms with E-state index in [0.29, 0.717) is 44.2 Å². The van der Waals surface area contributed by atoms with Crippen LogP contribution in [-0.2, 0) is 9.59 Å². The number of quaternary nitrogens is 2. The van der Waals surface area contributed by atoms with Crippen LogP contribution in [0.5, 0.6) is 0 Å². The summed E-state index contributed by atoms with van der Waals surface area (Å²) in [5.41, 5.74) is 6.28. The van der Waals surface area contributed by atoms with Crippen molar-refractivity contribution in [2.24, 2.45) is 11.8 Å². The lowest BCUT2D eigenvalue weighted by molar-refractivity contribution is -1.14. The smallest absolute Gasteiger partial charge is 0.285 e. The number of benzene rings is 2. The van der Waals surface area contributed by atoms with E-state index in [1.165, 1.54) is 0 Å². The van der Waals surface area contributed by atoms with Gasteiger partial charge in [-0.25, -0.2) is 10.4 Å². The molecule has 0 unspecified atom stereocenters. The summed E-state index contributed by atoms with van der Waals surface area (Å²) in [4.78, 5) is 28.6. The van der Waals surface area contributed by atoms with Crippen LogP contribution in [-0.4, -0.2) is 68.8 Å². The number of rotatable bonds is 12. The number of nitrogens with zero attached hydrogens (tertiary/aromatic N) is 2. The Kier molecular flexibility index (Phi) is 11.1. The van der Waals surface area contributed by atoms with Gasteiger partial charge in [0, 0.05) is 48.9 Å². The lowest BCUT2D eigenvalue weighted by Gasteiger charge is -2.39. The molecule has 2 aromatic carbocycles. The monoisotopic (exact) mass is 703 g/mol. The minimum atomic E-state index is -0.563. The zero-order valence-electron chi connectivity index (χ0n) is 32.6. The first-order chi connectivity index (χ1) is 24.2. The van der Waals surface area contributed by atoms with E-state index in [9.17, 15) is 20.0 Å². The zero-order chi connectivity index (χ0) is 36.8. The number of hydroxylamine groups is 6. The number of anilines is 2. The van der Waals surface area contributed by atoms with E-state index < -0.39 is 12.1 Å². The quantitative estimate of drug-likeness (QED) is 0.166. The van der Waals surface area contributed by atoms with E-state index in [4.69, 9.17) is 0 Å². The number of amides is 2. The minimum Gasteiger partial charge on any atom is -0.320 e. The average Bonchev–Trinajstić information content (AvgIpc) is 3.85. The third-order valence-electron chi connectivity index (χ3n) is 13.4. The Labute approximate surface area is 307 Å². The molecule has 8 atom stereocenters. The standard InChI is InChI=1S/C43H64N4O4/c1-26(2)32-16-11-17-33(27(3)4)40(32)44-42(48)38-24-30-14-9-20-36(30)46(38,50)22-13-23-47(51)37-21-10-15-31(37)25-39(47)43(49)45-41-34(28(5)6)18-12-19-35(41)29(7)8/h11-12,16-19,26-31,36-39,50-51H,9-10,13-15,20-25H2,1-8H3/p+2/t30-,31-,36-,37-,38-,39-,46-,47-/m0/s1. The number of fused-ring (bicyclic) bond motifs is 2. The minimum absolute atomic E-state index is 0.0247. The van der Waals surface area contributed by atoms with E-state index in [1.54, 1.807) is 0 Å². The molecule has 2 aliphatic carbocycles. The van der Waals surface area contributed by atoms with Gasteiger partial charge in [0.05, 0.1) is 6.42 Å². The largest absolute Gasteiger partial charge is 0.320 e. The van der Waals surface area contributed by atoms with E-state index in [2.05, 4.69) is 102 Å². The van der Waals surface area contributed by atoms with Crippen molar-refractivity contribution in [1.29, 1.82) is 0 Å². The van der Waals surface area contributed by atoms with Crippen molar-refractivity contribution in [2.75, 3.05) is 23.7 Å². The summed E-state index contributed by atoms with van der Waals surface area (Å²) in [5, 5.41) is 31.9. The van der Waals surface area contributed by atoms with Crippen molar-refractivity contribution in [3.63, 3.8) is 0 Å². The van der Waals surface area contributed by atoms with Crippen LogP contribution in [0.15, 0.2) is 36.4 Å². The highest BCUT2D eigenvalue weighted by atomic mass is 16.6. The fourth-order valence-electron chi connectivity index (χ4n) is 10.8. The maximum absolute atomic E-state index is 14.3. The normalized spacial score (nSPS) is 31.6. The molecule has 2 heterocycles. The molecule has 4 N–H and O–H groups in total. The molecule has 0 aromatic heterocycles. The Hall–Kier alpha value is -2.78. The van der Waals surface area contributed by atoms with Crippen LogP contribution in [0.3, 0.4) is 0 Å². The number of nitrogens with one attached hydrogen (secondary N) is 2. The number of carbonyl (C=O) groups excluding carboxylic acids is 2. The van der Waals surface area contributed by atoms with Gasteiger partial charge in [0.1, 0.15) is 25.2 Å². The molecule has 51 heavy (non-hydrogen) atoms. The van der Waals surface area contributed by atoms with Gasteiger partial charge in [-0.2, -0.15) is 9.29 Å². The highest BCUT2D eigenvalue weighted by molar-refractivity contribution is 5.96. The second kappa shape index (κ2) is 14.9. The summed E-state index contributed by atoms with van der Waals surface area (Å²) >= 11 is 0. The molecule has 0 radical (unpaired) electrons. The van der Waals surface area contributed by atoms with Gasteiger partial charge in [-0.1, -0.05) is 91.8 Å². The fraction of sp³-hybridized carbons (Fsp3) is 0.674. The lowest BCUT2D eigenvalue weighted by Crippen LogP contribution is -2.61. The summed E-state index contributed by atoms with van der Waals surface area (Å²) in [5.74, 6) is 1.42. The predicted octanol–water partition coefficient (Wildman–Crippen LogP) is 9.44. The van der Waals surface area contributed by atoms with Gasteiger partial charge in [0.2, 0.25) is 0 Å². The molecule has 2 aromatic rings. The molecule has 8 nitrogen and oxygen atoms in total. The van der Waals surface area contributed by atoms with Crippen LogP contribution in [0.2, 0.25) is 0 Å². The average molecular weight is 703 g/mol. The Morgan fingerprint density at radius 1 is 0.608 bits per heavy atom. The highest BCUT2D eigenvalue weighted by Gasteiger charge is 2.62. The molecule has 2 aliphatic heterocycles. The zero-order valence-corrected chi connectivity index (χ0v) is 32.6. The summed E-state index contributed by atoms with van der Waals surface area (Å²) in [6, 6.07) is 11.5. The van der Waals surface area contributed by atoms with Gasteiger partial charge >= 0.3 is 0 Å². The topological polar surface area (TPSA) is 98.7 Å². The van der Waals surface area contributed by atoms with Crippen LogP contribution in [0, 0.1) is 11.8 Å². The van der Waals surface area contributed by atoms with E-state index >= 15 is 0 Å². The van der Waals surface area contributed by atoms with Gasteiger partial charge in [-0.15, -0.1) is 0 Å². The van der Waals surface area contributed by atoms with Gasteiger partial charge in [0.15, 0.2) is 12.1 Å². The Bertz CT molecular complexity index is 1420. The first-order valence-electron chi connectivity index (χ1n) is 20.2. The van der Waals surface area contributed by atoms with Crippen LogP contribution in [0.25, 0.3) is 0 Å². The highest BCUT2D eigenvalue weighted by Crippen LogP contribution is 2.48. The van der Waals surface area contributed by atoms with E-state index in [0.717, 1.165) is 72.2 Å². The molecule has 8 heteroatoms. The predicted molar refractivity (Wildman–Crippen MR) is 204 cm³/mol. The van der Waals surface area contributed by atoms with Crippen molar-refractivity contribution in [2.45, 2.75) is 161 Å². The lowest BCUT2D eigenvalue weighted by atomic mass is 9.92. The maximum Gasteiger partial charge on any atom is 0.285 e. The Morgan fingerprint density at radius 2 is 0.941 bits per heavy atom. The third kappa shape index (κ3) is 7.03. The molecular formula is C43H66N4O4+2. The summed E-state index contributed by atoms with van der Waals surface area (Å²) in [7, 11) is 0. The maximum atomic E-state index is 14.3. The number of hydrogen-bond donors (Lipinski definition) is 4. The molecule has 280 valence electrons. The number of para-hydroxylation sites is 2. The molecule has 6 rings (SSSR count). The molecule has 0 spiro atoms. The summed E-state index contributed by atoms with van der Waals surface area (Å²) in [6.07, 6.45) is 7.92. The molecule has 0 bridgehead atoms. The van der Waals surface area contributed by atoms with Gasteiger partial charge in [-0.3, -0.25) is 9.59 Å². The first kappa shape index (κ1) is 38.0. The fourth-order valence-corrected chi connectivity index (χ4v) is 10.8. The summed E-state index contributed by atoms with van der Waals surface area (Å²) in [6.45, 7) is 18.0. The second-order valence-electron chi connectivity index (χ2n) is 17.8. The molecule has 2 saturated heterocycles. The molecule has 4 aliphatic rings. The van der Waals surface area contributed by atoms with E-state index in [-0.39, 0.29) is 56.9 Å². The number of likely N-dealkylation sites (tertiary alicyclic amines) is 2. The first-order valence-corrected chi connectivity index (χ1v) is 20.2. The van der Waals surface area contributed by atoms with Gasteiger partial charge < -0.3 is 10.6 Å². The number of hydrogen-bond acceptors (Lipinski definition) is 4. The van der Waals surface area contributed by atoms with Gasteiger partial charge in [-0.05, 0) is 71.6 Å². The van der Waals surface area contributed by atoms with Crippen molar-refractivity contribution in [1.82, 2.24) is 0 Å². The van der Waals surface area contributed by atoms with Crippen molar-refractivity contribution < 1.29 is 29.3 Å². The van der Waals surface area contributed by atoms with Crippen LogP contribution in [0.4, 0.5) is 11.4 Å². The number of carbonyl (C=O) groups is 2. The van der Waals surface area contributed by atoms with Crippen molar-refractivity contribution in [3.8, 4) is 0 Å². The van der Waals surface area contributed by atoms with Crippen molar-refractivity contribution in [3.05, 3.63) is 58.7 Å². The van der Waals surface area contributed by atoms with E-state index in [1.807, 2.05) is 0 Å². The van der Waals surface area contributed by atoms with Crippen molar-refractivity contribution >= 4 is 23.2 Å². The molecular weight excluding hydrogens is 636 g/mol. The third-order valence-corrected chi connectivity index (χ3v) is 13.4. The van der Waals surface area contributed by atoms with Crippen LogP contribution >= 0.6 is 0 Å². The molecule has 4 fully saturated rings. The van der Waals surface area contributed by atoms with Gasteiger partial charge in [0.25, 0.3) is 11.8 Å². The Balaban J connectivity index is 1.23. The molecule has 2 amide bonds. The second-order valence-corrected chi connectivity index (χ2v) is 17.8. The van der Waals surface area contributed by atoms with Crippen LogP contribution < -0.4 is 10.6 Å². The Morgan fingerprint density at radius 3 is 1.25 bits per heavy atom.